The van der Waals surface area contributed by atoms with Crippen LogP contribution < -0.4 is 4.73 Å². The van der Waals surface area contributed by atoms with Crippen LogP contribution in [0, 0.1) is 25.4 Å². The third-order valence-electron chi connectivity index (χ3n) is 4.90. The highest BCUT2D eigenvalue weighted by Gasteiger charge is 2.15. The molecule has 4 aromatic rings. The van der Waals surface area contributed by atoms with Gasteiger partial charge in [0.15, 0.2) is 0 Å². The number of benzene rings is 3. The first kappa shape index (κ1) is 21.3. The van der Waals surface area contributed by atoms with Crippen LogP contribution in [-0.4, -0.2) is 14.8 Å². The lowest BCUT2D eigenvalue weighted by Gasteiger charge is -2.07. The van der Waals surface area contributed by atoms with Crippen LogP contribution in [0.3, 0.4) is 0 Å². The molecule has 4 rings (SSSR count). The topological polar surface area (TPSA) is 126 Å². The second-order valence-electron chi connectivity index (χ2n) is 7.03. The molecule has 0 aliphatic carbocycles. The van der Waals surface area contributed by atoms with Crippen molar-refractivity contribution in [2.75, 3.05) is 0 Å². The van der Waals surface area contributed by atoms with Crippen molar-refractivity contribution in [1.82, 2.24) is 4.98 Å². The van der Waals surface area contributed by atoms with E-state index in [4.69, 9.17) is 0 Å². The summed E-state index contributed by atoms with van der Waals surface area (Å²) < 4.78 is 0.778. The largest absolute Gasteiger partial charge is 0.618 e. The summed E-state index contributed by atoms with van der Waals surface area (Å²) >= 11 is 0. The van der Waals surface area contributed by atoms with Gasteiger partial charge in [0.1, 0.15) is 11.2 Å². The molecule has 0 fully saturated rings. The second kappa shape index (κ2) is 9.06. The Bertz CT molecular complexity index is 1410. The summed E-state index contributed by atoms with van der Waals surface area (Å²) in [6.07, 6.45) is 6.65. The Hall–Kier alpha value is -4.92. The molecule has 3 aromatic carbocycles. The minimum absolute atomic E-state index is 0.0138. The standard InChI is InChI=1S/C24H16N4O5/c29-26-23-4-2-1-3-21(23)25-22(15-9-17-5-11-19(12-6-17)27(30)31)24(26)16-10-18-7-13-20(14-8-18)28(32)33/h1-16H. The fraction of sp³-hybridized carbons (Fsp3) is 0. The van der Waals surface area contributed by atoms with Crippen molar-refractivity contribution in [3.63, 3.8) is 0 Å². The molecular formula is C24H16N4O5. The highest BCUT2D eigenvalue weighted by molar-refractivity contribution is 5.80. The normalized spacial score (nSPS) is 11.4. The number of fused-ring (bicyclic) bond motifs is 1. The molecule has 0 N–H and O–H groups in total. The number of nitro groups is 2. The van der Waals surface area contributed by atoms with E-state index in [2.05, 4.69) is 4.98 Å². The third kappa shape index (κ3) is 4.72. The van der Waals surface area contributed by atoms with E-state index in [1.54, 1.807) is 72.8 Å². The zero-order valence-corrected chi connectivity index (χ0v) is 17.1. The molecule has 0 amide bonds. The van der Waals surface area contributed by atoms with E-state index in [-0.39, 0.29) is 17.1 Å². The maximum Gasteiger partial charge on any atom is 0.269 e. The van der Waals surface area contributed by atoms with Gasteiger partial charge in [-0.15, -0.1) is 0 Å². The molecule has 0 radical (unpaired) electrons. The summed E-state index contributed by atoms with van der Waals surface area (Å²) in [5, 5.41) is 34.8. The Morgan fingerprint density at radius 3 is 1.76 bits per heavy atom. The predicted octanol–water partition coefficient (Wildman–Crippen LogP) is 5.03. The van der Waals surface area contributed by atoms with E-state index in [9.17, 15) is 25.4 Å². The molecular weight excluding hydrogens is 424 g/mol. The second-order valence-corrected chi connectivity index (χ2v) is 7.03. The molecule has 1 aromatic heterocycles. The van der Waals surface area contributed by atoms with E-state index in [0.29, 0.717) is 27.9 Å². The Labute approximate surface area is 187 Å². The molecule has 0 saturated carbocycles. The number of hydrogen-bond donors (Lipinski definition) is 0. The molecule has 0 saturated heterocycles. The van der Waals surface area contributed by atoms with Crippen LogP contribution in [0.5, 0.6) is 0 Å². The quantitative estimate of drug-likeness (QED) is 0.179. The van der Waals surface area contributed by atoms with Gasteiger partial charge < -0.3 is 5.21 Å². The van der Waals surface area contributed by atoms with Crippen LogP contribution in [0.4, 0.5) is 11.4 Å². The van der Waals surface area contributed by atoms with Crippen LogP contribution in [-0.2, 0) is 0 Å². The minimum Gasteiger partial charge on any atom is -0.618 e. The van der Waals surface area contributed by atoms with Crippen molar-refractivity contribution in [2.45, 2.75) is 0 Å². The zero-order valence-electron chi connectivity index (χ0n) is 17.1. The number of para-hydroxylation sites is 2. The van der Waals surface area contributed by atoms with Crippen LogP contribution in [0.2, 0.25) is 0 Å². The number of rotatable bonds is 6. The maximum absolute atomic E-state index is 13.1. The summed E-state index contributed by atoms with van der Waals surface area (Å²) in [6, 6.07) is 18.9. The lowest BCUT2D eigenvalue weighted by atomic mass is 10.1. The minimum atomic E-state index is -0.479. The predicted molar refractivity (Wildman–Crippen MR) is 125 cm³/mol. The zero-order chi connectivity index (χ0) is 23.4. The fourth-order valence-electron chi connectivity index (χ4n) is 3.19. The van der Waals surface area contributed by atoms with E-state index in [1.165, 1.54) is 24.3 Å². The van der Waals surface area contributed by atoms with Gasteiger partial charge in [0, 0.05) is 36.4 Å². The van der Waals surface area contributed by atoms with Crippen molar-refractivity contribution in [3.8, 4) is 0 Å². The Kier molecular flexibility index (Phi) is 5.85. The molecule has 1 heterocycles. The smallest absolute Gasteiger partial charge is 0.269 e. The Balaban J connectivity index is 1.74. The first-order chi connectivity index (χ1) is 15.9. The van der Waals surface area contributed by atoms with E-state index >= 15 is 0 Å². The molecule has 9 nitrogen and oxygen atoms in total. The maximum atomic E-state index is 13.1. The fourth-order valence-corrected chi connectivity index (χ4v) is 3.19. The number of nitro benzene ring substituents is 2. The van der Waals surface area contributed by atoms with Crippen LogP contribution in [0.15, 0.2) is 72.8 Å². The van der Waals surface area contributed by atoms with Crippen molar-refractivity contribution >= 4 is 46.7 Å². The highest BCUT2D eigenvalue weighted by Crippen LogP contribution is 2.19. The van der Waals surface area contributed by atoms with Crippen LogP contribution in [0.1, 0.15) is 22.5 Å². The molecule has 9 heteroatoms. The van der Waals surface area contributed by atoms with Gasteiger partial charge in [-0.2, -0.15) is 4.73 Å². The first-order valence-corrected chi connectivity index (χ1v) is 9.80. The van der Waals surface area contributed by atoms with Gasteiger partial charge in [-0.05, 0) is 53.6 Å². The highest BCUT2D eigenvalue weighted by atomic mass is 16.6. The lowest BCUT2D eigenvalue weighted by molar-refractivity contribution is -0.579. The molecule has 0 bridgehead atoms. The van der Waals surface area contributed by atoms with Crippen molar-refractivity contribution in [2.24, 2.45) is 0 Å². The van der Waals surface area contributed by atoms with Crippen LogP contribution >= 0.6 is 0 Å². The summed E-state index contributed by atoms with van der Waals surface area (Å²) in [6.45, 7) is 0. The molecule has 0 atom stereocenters. The van der Waals surface area contributed by atoms with Gasteiger partial charge >= 0.3 is 0 Å². The first-order valence-electron chi connectivity index (χ1n) is 9.80. The van der Waals surface area contributed by atoms with Gasteiger partial charge in [0.05, 0.1) is 9.85 Å². The monoisotopic (exact) mass is 440 g/mol. The third-order valence-corrected chi connectivity index (χ3v) is 4.90. The molecule has 0 aliphatic rings. The van der Waals surface area contributed by atoms with E-state index in [1.807, 2.05) is 0 Å². The van der Waals surface area contributed by atoms with E-state index < -0.39 is 9.85 Å². The average molecular weight is 440 g/mol. The van der Waals surface area contributed by atoms with Crippen molar-refractivity contribution < 1.29 is 14.6 Å². The van der Waals surface area contributed by atoms with Gasteiger partial charge in [-0.3, -0.25) is 20.2 Å². The molecule has 0 unspecified atom stereocenters. The molecule has 0 aliphatic heterocycles. The summed E-state index contributed by atoms with van der Waals surface area (Å²) in [5.41, 5.74) is 2.95. The SMILES string of the molecule is O=[N+]([O-])c1ccc(C=Cc2nc3ccccc3[n+]([O-])c2C=Cc2ccc([N+](=O)[O-])cc2)cc1. The van der Waals surface area contributed by atoms with Gasteiger partial charge in [-0.25, -0.2) is 4.98 Å². The molecule has 33 heavy (non-hydrogen) atoms. The number of aromatic nitrogens is 2. The van der Waals surface area contributed by atoms with Gasteiger partial charge in [0.25, 0.3) is 11.4 Å². The number of hydrogen-bond acceptors (Lipinski definition) is 6. The lowest BCUT2D eigenvalue weighted by Crippen LogP contribution is -2.32. The van der Waals surface area contributed by atoms with Crippen molar-refractivity contribution in [3.05, 3.63) is 121 Å². The molecule has 162 valence electrons. The Morgan fingerprint density at radius 1 is 0.697 bits per heavy atom. The number of non-ortho nitro benzene ring substituents is 2. The van der Waals surface area contributed by atoms with E-state index in [0.717, 1.165) is 4.73 Å². The van der Waals surface area contributed by atoms with Crippen LogP contribution in [0.25, 0.3) is 35.3 Å². The number of nitrogens with zero attached hydrogens (tertiary/aromatic N) is 4. The average Bonchev–Trinajstić information content (AvgIpc) is 2.83. The summed E-state index contributed by atoms with van der Waals surface area (Å²) in [7, 11) is 0. The van der Waals surface area contributed by atoms with Gasteiger partial charge in [-0.1, -0.05) is 18.2 Å². The summed E-state index contributed by atoms with van der Waals surface area (Å²) in [5.74, 6) is 0. The van der Waals surface area contributed by atoms with Gasteiger partial charge in [0.2, 0.25) is 11.2 Å². The van der Waals surface area contributed by atoms with Crippen molar-refractivity contribution in [1.29, 1.82) is 0 Å². The Morgan fingerprint density at radius 2 is 1.21 bits per heavy atom. The molecule has 0 spiro atoms. The summed E-state index contributed by atoms with van der Waals surface area (Å²) in [4.78, 5) is 25.3.